The summed E-state index contributed by atoms with van der Waals surface area (Å²) >= 11 is 3.38. The molecule has 0 spiro atoms. The third-order valence-corrected chi connectivity index (χ3v) is 3.21. The molecule has 0 radical (unpaired) electrons. The van der Waals surface area contributed by atoms with Gasteiger partial charge >= 0.3 is 0 Å². The minimum Gasteiger partial charge on any atom is -0.320 e. The third kappa shape index (κ3) is 2.50. The standard InChI is InChI=1S/C14H9BrN4O/c15-11-6-9-2-1-3-12(13(9)16-8-11)19-14(20)10-4-5-17-18-7-10/h1-8H,(H,19,20). The van der Waals surface area contributed by atoms with E-state index in [1.54, 1.807) is 12.3 Å². The minimum absolute atomic E-state index is 0.239. The molecule has 0 saturated heterocycles. The Morgan fingerprint density at radius 2 is 2.05 bits per heavy atom. The average Bonchev–Trinajstić information content (AvgIpc) is 2.48. The predicted molar refractivity (Wildman–Crippen MR) is 79.4 cm³/mol. The zero-order valence-electron chi connectivity index (χ0n) is 10.2. The van der Waals surface area contributed by atoms with E-state index in [-0.39, 0.29) is 5.91 Å². The summed E-state index contributed by atoms with van der Waals surface area (Å²) in [6.45, 7) is 0. The van der Waals surface area contributed by atoms with Gasteiger partial charge in [-0.2, -0.15) is 10.2 Å². The van der Waals surface area contributed by atoms with E-state index in [4.69, 9.17) is 0 Å². The summed E-state index contributed by atoms with van der Waals surface area (Å²) in [4.78, 5) is 16.4. The van der Waals surface area contributed by atoms with Crippen LogP contribution in [-0.2, 0) is 0 Å². The van der Waals surface area contributed by atoms with E-state index >= 15 is 0 Å². The molecule has 1 aromatic carbocycles. The number of aromatic nitrogens is 3. The molecule has 3 rings (SSSR count). The highest BCUT2D eigenvalue weighted by Crippen LogP contribution is 2.24. The maximum atomic E-state index is 12.1. The Morgan fingerprint density at radius 3 is 2.85 bits per heavy atom. The molecular weight excluding hydrogens is 320 g/mol. The number of carbonyl (C=O) groups is 1. The summed E-state index contributed by atoms with van der Waals surface area (Å²) in [5.74, 6) is -0.239. The van der Waals surface area contributed by atoms with E-state index in [0.29, 0.717) is 11.3 Å². The van der Waals surface area contributed by atoms with Crippen molar-refractivity contribution in [3.8, 4) is 0 Å². The number of rotatable bonds is 2. The van der Waals surface area contributed by atoms with Crippen molar-refractivity contribution in [3.05, 3.63) is 59.0 Å². The highest BCUT2D eigenvalue weighted by atomic mass is 79.9. The predicted octanol–water partition coefficient (Wildman–Crippen LogP) is 3.04. The normalized spacial score (nSPS) is 10.4. The highest BCUT2D eigenvalue weighted by Gasteiger charge is 2.09. The van der Waals surface area contributed by atoms with Crippen LogP contribution in [-0.4, -0.2) is 21.1 Å². The van der Waals surface area contributed by atoms with E-state index in [2.05, 4.69) is 36.4 Å². The van der Waals surface area contributed by atoms with Gasteiger partial charge in [0.25, 0.3) is 5.91 Å². The maximum absolute atomic E-state index is 12.1. The van der Waals surface area contributed by atoms with E-state index in [9.17, 15) is 4.79 Å². The van der Waals surface area contributed by atoms with Crippen LogP contribution in [0.5, 0.6) is 0 Å². The van der Waals surface area contributed by atoms with Crippen molar-refractivity contribution in [2.24, 2.45) is 0 Å². The van der Waals surface area contributed by atoms with Crippen LogP contribution in [0.1, 0.15) is 10.4 Å². The van der Waals surface area contributed by atoms with Gasteiger partial charge in [-0.15, -0.1) is 0 Å². The van der Waals surface area contributed by atoms with Crippen molar-refractivity contribution < 1.29 is 4.79 Å². The zero-order valence-corrected chi connectivity index (χ0v) is 11.8. The first kappa shape index (κ1) is 12.7. The SMILES string of the molecule is O=C(Nc1cccc2cc(Br)cnc12)c1ccnnc1. The Balaban J connectivity index is 1.97. The Labute approximate surface area is 123 Å². The van der Waals surface area contributed by atoms with E-state index in [1.807, 2.05) is 24.3 Å². The van der Waals surface area contributed by atoms with Gasteiger partial charge in [0.05, 0.1) is 29.2 Å². The molecule has 0 aliphatic carbocycles. The number of anilines is 1. The molecule has 0 aliphatic rings. The second-order valence-electron chi connectivity index (χ2n) is 4.12. The number of nitrogens with zero attached hydrogens (tertiary/aromatic N) is 3. The summed E-state index contributed by atoms with van der Waals surface area (Å²) in [5, 5.41) is 11.1. The molecular formula is C14H9BrN4O. The van der Waals surface area contributed by atoms with Crippen molar-refractivity contribution in [2.45, 2.75) is 0 Å². The first-order valence-electron chi connectivity index (χ1n) is 5.86. The van der Waals surface area contributed by atoms with Crippen molar-refractivity contribution in [1.82, 2.24) is 15.2 Å². The Bertz CT molecular complexity index is 776. The Hall–Kier alpha value is -2.34. The van der Waals surface area contributed by atoms with Gasteiger partial charge in [-0.1, -0.05) is 12.1 Å². The summed E-state index contributed by atoms with van der Waals surface area (Å²) in [5.41, 5.74) is 1.86. The molecule has 0 aliphatic heterocycles. The van der Waals surface area contributed by atoms with Crippen LogP contribution in [0.3, 0.4) is 0 Å². The van der Waals surface area contributed by atoms with Gasteiger partial charge < -0.3 is 5.32 Å². The molecule has 0 saturated carbocycles. The lowest BCUT2D eigenvalue weighted by Crippen LogP contribution is -2.12. The summed E-state index contributed by atoms with van der Waals surface area (Å²) < 4.78 is 0.895. The van der Waals surface area contributed by atoms with Gasteiger partial charge in [0.2, 0.25) is 0 Å². The lowest BCUT2D eigenvalue weighted by molar-refractivity contribution is 0.102. The molecule has 98 valence electrons. The van der Waals surface area contributed by atoms with Gasteiger partial charge in [-0.3, -0.25) is 9.78 Å². The minimum atomic E-state index is -0.239. The largest absolute Gasteiger partial charge is 0.320 e. The first-order valence-corrected chi connectivity index (χ1v) is 6.66. The highest BCUT2D eigenvalue weighted by molar-refractivity contribution is 9.10. The number of para-hydroxylation sites is 1. The van der Waals surface area contributed by atoms with Crippen molar-refractivity contribution in [1.29, 1.82) is 0 Å². The molecule has 0 unspecified atom stereocenters. The Kier molecular flexibility index (Phi) is 3.39. The van der Waals surface area contributed by atoms with Gasteiger partial charge in [0.15, 0.2) is 0 Å². The smallest absolute Gasteiger partial charge is 0.257 e. The molecule has 0 fully saturated rings. The Morgan fingerprint density at radius 1 is 1.15 bits per heavy atom. The van der Waals surface area contributed by atoms with E-state index in [1.165, 1.54) is 12.4 Å². The second kappa shape index (κ2) is 5.34. The third-order valence-electron chi connectivity index (χ3n) is 2.77. The molecule has 1 N–H and O–H groups in total. The lowest BCUT2D eigenvalue weighted by atomic mass is 10.2. The zero-order chi connectivity index (χ0) is 13.9. The molecule has 2 aromatic heterocycles. The maximum Gasteiger partial charge on any atom is 0.257 e. The van der Waals surface area contributed by atoms with Crippen LogP contribution in [0, 0.1) is 0 Å². The van der Waals surface area contributed by atoms with Crippen LogP contribution in [0.25, 0.3) is 10.9 Å². The molecule has 6 heteroatoms. The van der Waals surface area contributed by atoms with Gasteiger partial charge in [-0.05, 0) is 34.1 Å². The van der Waals surface area contributed by atoms with Gasteiger partial charge in [0.1, 0.15) is 0 Å². The molecule has 5 nitrogen and oxygen atoms in total. The lowest BCUT2D eigenvalue weighted by Gasteiger charge is -2.08. The number of amides is 1. The van der Waals surface area contributed by atoms with Crippen molar-refractivity contribution in [3.63, 3.8) is 0 Å². The molecule has 20 heavy (non-hydrogen) atoms. The molecule has 0 bridgehead atoms. The summed E-state index contributed by atoms with van der Waals surface area (Å²) in [6.07, 6.45) is 4.60. The fourth-order valence-electron chi connectivity index (χ4n) is 1.85. The molecule has 2 heterocycles. The number of carbonyl (C=O) groups excluding carboxylic acids is 1. The number of hydrogen-bond acceptors (Lipinski definition) is 4. The van der Waals surface area contributed by atoms with Crippen molar-refractivity contribution >= 4 is 38.4 Å². The number of nitrogens with one attached hydrogen (secondary N) is 1. The van der Waals surface area contributed by atoms with Crippen LogP contribution in [0.4, 0.5) is 5.69 Å². The quantitative estimate of drug-likeness (QED) is 0.785. The second-order valence-corrected chi connectivity index (χ2v) is 5.03. The molecule has 3 aromatic rings. The number of halogens is 1. The topological polar surface area (TPSA) is 67.8 Å². The molecule has 1 amide bonds. The molecule has 0 atom stereocenters. The van der Waals surface area contributed by atoms with Crippen LogP contribution >= 0.6 is 15.9 Å². The summed E-state index contributed by atoms with van der Waals surface area (Å²) in [7, 11) is 0. The van der Waals surface area contributed by atoms with Gasteiger partial charge in [0, 0.05) is 16.1 Å². The van der Waals surface area contributed by atoms with Crippen LogP contribution in [0.15, 0.2) is 53.4 Å². The number of pyridine rings is 1. The first-order chi connectivity index (χ1) is 9.74. The number of benzene rings is 1. The number of fused-ring (bicyclic) bond motifs is 1. The van der Waals surface area contributed by atoms with Crippen molar-refractivity contribution in [2.75, 3.05) is 5.32 Å². The number of hydrogen-bond donors (Lipinski definition) is 1. The fourth-order valence-corrected chi connectivity index (χ4v) is 2.20. The average molecular weight is 329 g/mol. The van der Waals surface area contributed by atoms with Gasteiger partial charge in [-0.25, -0.2) is 0 Å². The van der Waals surface area contributed by atoms with Crippen LogP contribution < -0.4 is 5.32 Å². The van der Waals surface area contributed by atoms with E-state index < -0.39 is 0 Å². The monoisotopic (exact) mass is 328 g/mol. The van der Waals surface area contributed by atoms with E-state index in [0.717, 1.165) is 15.4 Å². The summed E-state index contributed by atoms with van der Waals surface area (Å²) in [6, 6.07) is 9.19. The van der Waals surface area contributed by atoms with Crippen LogP contribution in [0.2, 0.25) is 0 Å². The fraction of sp³-hybridized carbons (Fsp3) is 0.